The van der Waals surface area contributed by atoms with E-state index in [0.717, 1.165) is 43.3 Å². The number of likely N-dealkylation sites (tertiary alicyclic amines) is 1. The number of anilines is 1. The number of rotatable bonds is 7. The number of benzene rings is 1. The lowest BCUT2D eigenvalue weighted by atomic mass is 10.0. The maximum atomic E-state index is 11.1. The predicted octanol–water partition coefficient (Wildman–Crippen LogP) is 2.06. The van der Waals surface area contributed by atoms with Gasteiger partial charge < -0.3 is 25.6 Å². The molecule has 7 nitrogen and oxygen atoms in total. The average Bonchev–Trinajstić information content (AvgIpc) is 2.64. The minimum Gasteiger partial charge on any atom is -0.492 e. The van der Waals surface area contributed by atoms with Crippen LogP contribution in [0, 0.1) is 0 Å². The van der Waals surface area contributed by atoms with E-state index < -0.39 is 0 Å². The van der Waals surface area contributed by atoms with Gasteiger partial charge in [-0.2, -0.15) is 0 Å². The van der Waals surface area contributed by atoms with Gasteiger partial charge >= 0.3 is 0 Å². The quantitative estimate of drug-likeness (QED) is 0.386. The fourth-order valence-electron chi connectivity index (χ4n) is 3.15. The van der Waals surface area contributed by atoms with Crippen LogP contribution in [0.2, 0.25) is 0 Å². The van der Waals surface area contributed by atoms with Crippen molar-refractivity contribution >= 4 is 17.6 Å². The second kappa shape index (κ2) is 10.8. The van der Waals surface area contributed by atoms with E-state index >= 15 is 0 Å². The molecule has 0 spiro atoms. The zero-order valence-corrected chi connectivity index (χ0v) is 16.9. The topological polar surface area (TPSA) is 78.0 Å². The molecule has 0 radical (unpaired) electrons. The SMILES string of the molecule is CN=C(NCCOc1cccc(NC(C)=O)c1)NC1CCN(C(C)C)CC1. The van der Waals surface area contributed by atoms with Crippen LogP contribution in [0.25, 0.3) is 0 Å². The van der Waals surface area contributed by atoms with Gasteiger partial charge in [0.2, 0.25) is 5.91 Å². The molecular formula is C20H33N5O2. The Hall–Kier alpha value is -2.28. The first-order valence-electron chi connectivity index (χ1n) is 9.69. The first-order chi connectivity index (χ1) is 13.0. The summed E-state index contributed by atoms with van der Waals surface area (Å²) < 4.78 is 5.75. The highest BCUT2D eigenvalue weighted by molar-refractivity contribution is 5.88. The van der Waals surface area contributed by atoms with E-state index in [1.165, 1.54) is 6.92 Å². The van der Waals surface area contributed by atoms with Crippen molar-refractivity contribution in [2.45, 2.75) is 45.7 Å². The molecule has 1 aromatic carbocycles. The normalized spacial score (nSPS) is 16.3. The number of hydrogen-bond donors (Lipinski definition) is 3. The summed E-state index contributed by atoms with van der Waals surface area (Å²) >= 11 is 0. The molecule has 1 amide bonds. The summed E-state index contributed by atoms with van der Waals surface area (Å²) in [5.41, 5.74) is 0.734. The third kappa shape index (κ3) is 7.46. The molecule has 1 heterocycles. The molecule has 1 aliphatic rings. The lowest BCUT2D eigenvalue weighted by Crippen LogP contribution is -2.50. The van der Waals surface area contributed by atoms with Crippen LogP contribution in [0.3, 0.4) is 0 Å². The fourth-order valence-corrected chi connectivity index (χ4v) is 3.15. The summed E-state index contributed by atoms with van der Waals surface area (Å²) in [6, 6.07) is 8.46. The molecule has 0 aliphatic carbocycles. The maximum absolute atomic E-state index is 11.1. The van der Waals surface area contributed by atoms with E-state index in [-0.39, 0.29) is 5.91 Å². The second-order valence-electron chi connectivity index (χ2n) is 7.10. The largest absolute Gasteiger partial charge is 0.492 e. The second-order valence-corrected chi connectivity index (χ2v) is 7.10. The fraction of sp³-hybridized carbons (Fsp3) is 0.600. The molecule has 0 bridgehead atoms. The first kappa shape index (κ1) is 21.0. The van der Waals surface area contributed by atoms with Crippen LogP contribution in [0.5, 0.6) is 5.75 Å². The van der Waals surface area contributed by atoms with Gasteiger partial charge in [0.05, 0.1) is 6.54 Å². The van der Waals surface area contributed by atoms with Crippen molar-refractivity contribution < 1.29 is 9.53 Å². The number of nitrogens with zero attached hydrogens (tertiary/aromatic N) is 2. The van der Waals surface area contributed by atoms with Gasteiger partial charge in [-0.25, -0.2) is 0 Å². The lowest BCUT2D eigenvalue weighted by molar-refractivity contribution is -0.114. The van der Waals surface area contributed by atoms with Crippen LogP contribution < -0.4 is 20.7 Å². The van der Waals surface area contributed by atoms with Crippen molar-refractivity contribution in [1.82, 2.24) is 15.5 Å². The third-order valence-corrected chi connectivity index (χ3v) is 4.64. The molecule has 2 rings (SSSR count). The summed E-state index contributed by atoms with van der Waals surface area (Å²) in [5, 5.41) is 9.55. The molecule has 1 saturated heterocycles. The van der Waals surface area contributed by atoms with E-state index in [2.05, 4.69) is 39.7 Å². The van der Waals surface area contributed by atoms with Gasteiger partial charge in [-0.15, -0.1) is 0 Å². The highest BCUT2D eigenvalue weighted by Crippen LogP contribution is 2.17. The zero-order valence-electron chi connectivity index (χ0n) is 16.9. The number of guanidine groups is 1. The Kier molecular flexibility index (Phi) is 8.39. The van der Waals surface area contributed by atoms with Crippen LogP contribution >= 0.6 is 0 Å². The maximum Gasteiger partial charge on any atom is 0.221 e. The minimum absolute atomic E-state index is 0.0945. The van der Waals surface area contributed by atoms with Crippen LogP contribution in [0.15, 0.2) is 29.3 Å². The Morgan fingerprint density at radius 3 is 2.70 bits per heavy atom. The van der Waals surface area contributed by atoms with Crippen LogP contribution in [0.1, 0.15) is 33.6 Å². The summed E-state index contributed by atoms with van der Waals surface area (Å²) in [5.74, 6) is 1.45. The third-order valence-electron chi connectivity index (χ3n) is 4.64. The van der Waals surface area contributed by atoms with E-state index in [1.54, 1.807) is 7.05 Å². The number of piperidine rings is 1. The lowest BCUT2D eigenvalue weighted by Gasteiger charge is -2.35. The van der Waals surface area contributed by atoms with Crippen molar-refractivity contribution in [2.24, 2.45) is 4.99 Å². The van der Waals surface area contributed by atoms with Gasteiger partial charge in [-0.05, 0) is 38.8 Å². The number of nitrogens with one attached hydrogen (secondary N) is 3. The highest BCUT2D eigenvalue weighted by Gasteiger charge is 2.21. The summed E-state index contributed by atoms with van der Waals surface area (Å²) in [6.07, 6.45) is 2.26. The van der Waals surface area contributed by atoms with Crippen molar-refractivity contribution in [3.05, 3.63) is 24.3 Å². The average molecular weight is 376 g/mol. The van der Waals surface area contributed by atoms with Gasteiger partial charge in [-0.3, -0.25) is 9.79 Å². The van der Waals surface area contributed by atoms with Crippen molar-refractivity contribution in [2.75, 3.05) is 38.6 Å². The number of amides is 1. The number of aliphatic imine (C=N–C) groups is 1. The number of carbonyl (C=O) groups is 1. The van der Waals surface area contributed by atoms with E-state index in [4.69, 9.17) is 4.74 Å². The van der Waals surface area contributed by atoms with Crippen LogP contribution in [0.4, 0.5) is 5.69 Å². The first-order valence-corrected chi connectivity index (χ1v) is 9.69. The van der Waals surface area contributed by atoms with Gasteiger partial charge in [0.1, 0.15) is 12.4 Å². The molecule has 0 aromatic heterocycles. The number of carbonyl (C=O) groups excluding carboxylic acids is 1. The van der Waals surface area contributed by atoms with Crippen molar-refractivity contribution in [3.63, 3.8) is 0 Å². The molecule has 150 valence electrons. The minimum atomic E-state index is -0.0945. The molecule has 3 N–H and O–H groups in total. The summed E-state index contributed by atoms with van der Waals surface area (Å²) in [7, 11) is 1.79. The Bertz CT molecular complexity index is 625. The monoisotopic (exact) mass is 375 g/mol. The van der Waals surface area contributed by atoms with E-state index in [1.807, 2.05) is 24.3 Å². The molecule has 0 unspecified atom stereocenters. The molecule has 0 saturated carbocycles. The molecule has 27 heavy (non-hydrogen) atoms. The van der Waals surface area contributed by atoms with Gasteiger partial charge in [0.25, 0.3) is 0 Å². The molecule has 1 aromatic rings. The van der Waals surface area contributed by atoms with Crippen LogP contribution in [-0.2, 0) is 4.79 Å². The van der Waals surface area contributed by atoms with Crippen molar-refractivity contribution in [3.8, 4) is 5.75 Å². The Labute approximate surface area is 162 Å². The Balaban J connectivity index is 1.69. The van der Waals surface area contributed by atoms with Gasteiger partial charge in [0, 0.05) is 50.9 Å². The van der Waals surface area contributed by atoms with E-state index in [0.29, 0.717) is 25.2 Å². The molecule has 1 aliphatic heterocycles. The molecular weight excluding hydrogens is 342 g/mol. The summed E-state index contributed by atoms with van der Waals surface area (Å²) in [4.78, 5) is 17.9. The van der Waals surface area contributed by atoms with Gasteiger partial charge in [-0.1, -0.05) is 6.07 Å². The van der Waals surface area contributed by atoms with Crippen LogP contribution in [-0.4, -0.2) is 62.1 Å². The molecule has 0 atom stereocenters. The van der Waals surface area contributed by atoms with E-state index in [9.17, 15) is 4.79 Å². The number of hydrogen-bond acceptors (Lipinski definition) is 4. The summed E-state index contributed by atoms with van der Waals surface area (Å²) in [6.45, 7) is 9.40. The molecule has 1 fully saturated rings. The smallest absolute Gasteiger partial charge is 0.221 e. The number of ether oxygens (including phenoxy) is 1. The zero-order chi connectivity index (χ0) is 19.6. The standard InChI is InChI=1S/C20H33N5O2/c1-15(2)25-11-8-17(9-12-25)24-20(21-4)22-10-13-27-19-7-5-6-18(14-19)23-16(3)26/h5-7,14-15,17H,8-13H2,1-4H3,(H,23,26)(H2,21,22,24). The predicted molar refractivity (Wildman–Crippen MR) is 110 cm³/mol. The Morgan fingerprint density at radius 2 is 2.07 bits per heavy atom. The molecule has 7 heteroatoms. The van der Waals surface area contributed by atoms with Gasteiger partial charge in [0.15, 0.2) is 5.96 Å². The van der Waals surface area contributed by atoms with Crippen molar-refractivity contribution in [1.29, 1.82) is 0 Å². The highest BCUT2D eigenvalue weighted by atomic mass is 16.5. The Morgan fingerprint density at radius 1 is 1.33 bits per heavy atom.